The number of rotatable bonds is 3. The van der Waals surface area contributed by atoms with E-state index in [0.29, 0.717) is 18.5 Å². The summed E-state index contributed by atoms with van der Waals surface area (Å²) in [5.74, 6) is -2.85. The summed E-state index contributed by atoms with van der Waals surface area (Å²) in [4.78, 5) is 36.8. The van der Waals surface area contributed by atoms with E-state index in [1.54, 1.807) is 6.07 Å². The van der Waals surface area contributed by atoms with E-state index < -0.39 is 29.7 Å². The minimum atomic E-state index is -1.21. The van der Waals surface area contributed by atoms with Crippen LogP contribution in [0.3, 0.4) is 0 Å². The van der Waals surface area contributed by atoms with Crippen LogP contribution in [-0.2, 0) is 25.3 Å². The number of hydrogen-bond acceptors (Lipinski definition) is 4. The number of carboxylic acid groups (broad SMARTS) is 1. The molecule has 7 heteroatoms. The van der Waals surface area contributed by atoms with E-state index in [9.17, 15) is 19.5 Å². The number of nitrogens with zero attached hydrogens (tertiary/aromatic N) is 1. The average Bonchev–Trinajstić information content (AvgIpc) is 3.06. The summed E-state index contributed by atoms with van der Waals surface area (Å²) in [6, 6.07) is 3.64. The third-order valence-electron chi connectivity index (χ3n) is 5.51. The Kier molecular flexibility index (Phi) is 4.66. The number of amides is 1. The molecule has 0 unspecified atom stereocenters. The van der Waals surface area contributed by atoms with Gasteiger partial charge in [0.2, 0.25) is 0 Å². The number of nitrogens with one attached hydrogen (secondary N) is 1. The van der Waals surface area contributed by atoms with E-state index >= 15 is 0 Å². The summed E-state index contributed by atoms with van der Waals surface area (Å²) in [5.41, 5.74) is -0.0934. The second kappa shape index (κ2) is 6.55. The third-order valence-corrected chi connectivity index (χ3v) is 5.51. The molecule has 0 bridgehead atoms. The van der Waals surface area contributed by atoms with Crippen molar-refractivity contribution in [3.05, 3.63) is 29.1 Å². The molecular weight excluding hydrogens is 348 g/mol. The van der Waals surface area contributed by atoms with E-state index in [2.05, 4.69) is 5.32 Å². The van der Waals surface area contributed by atoms with Gasteiger partial charge < -0.3 is 20.1 Å². The van der Waals surface area contributed by atoms with Crippen LogP contribution in [-0.4, -0.2) is 39.0 Å². The Morgan fingerprint density at radius 3 is 2.37 bits per heavy atom. The number of aliphatic carboxylic acids is 1. The standard InChI is InChI=1S/C20H26N2O5/c1-19(2,3)13-8-7-12-16(25)15(18(27)21-11-14(23)24)17(26)20(22(12)13)9-5-4-6-10-20/h7-8,25H,4-6,9-11H2,1-3H3,(H,21,27)(H,23,24). The van der Waals surface area contributed by atoms with Gasteiger partial charge in [0.1, 0.15) is 17.7 Å². The number of ketones is 1. The van der Waals surface area contributed by atoms with Crippen molar-refractivity contribution in [3.8, 4) is 0 Å². The summed E-state index contributed by atoms with van der Waals surface area (Å²) in [5, 5.41) is 21.8. The molecule has 1 aliphatic heterocycles. The zero-order valence-corrected chi connectivity index (χ0v) is 16.0. The van der Waals surface area contributed by atoms with Gasteiger partial charge in [0, 0.05) is 11.1 Å². The summed E-state index contributed by atoms with van der Waals surface area (Å²) < 4.78 is 1.93. The van der Waals surface area contributed by atoms with E-state index in [-0.39, 0.29) is 16.7 Å². The van der Waals surface area contributed by atoms with Gasteiger partial charge in [0.15, 0.2) is 11.5 Å². The molecule has 7 nitrogen and oxygen atoms in total. The Labute approximate surface area is 158 Å². The van der Waals surface area contributed by atoms with Crippen LogP contribution in [0.4, 0.5) is 0 Å². The summed E-state index contributed by atoms with van der Waals surface area (Å²) >= 11 is 0. The molecule has 1 fully saturated rings. The van der Waals surface area contributed by atoms with Crippen LogP contribution in [0, 0.1) is 0 Å². The molecule has 146 valence electrons. The molecule has 1 spiro atoms. The SMILES string of the molecule is CC(C)(C)c1ccc2n1C1(CCCCC1)C(=O)C(C(=O)NCC(=O)O)=C2O. The first kappa shape index (κ1) is 19.2. The Morgan fingerprint density at radius 1 is 1.19 bits per heavy atom. The highest BCUT2D eigenvalue weighted by atomic mass is 16.4. The molecule has 0 saturated heterocycles. The second-order valence-corrected chi connectivity index (χ2v) is 8.41. The third kappa shape index (κ3) is 3.05. The van der Waals surface area contributed by atoms with Crippen LogP contribution in [0.25, 0.3) is 5.76 Å². The number of hydrogen-bond donors (Lipinski definition) is 3. The van der Waals surface area contributed by atoms with Gasteiger partial charge in [-0.05, 0) is 25.0 Å². The number of aliphatic hydroxyl groups excluding tert-OH is 1. The topological polar surface area (TPSA) is 109 Å². The lowest BCUT2D eigenvalue weighted by Gasteiger charge is -2.44. The molecule has 3 rings (SSSR count). The Hall–Kier alpha value is -2.57. The Bertz CT molecular complexity index is 835. The second-order valence-electron chi connectivity index (χ2n) is 8.41. The van der Waals surface area contributed by atoms with Crippen molar-refractivity contribution < 1.29 is 24.6 Å². The molecule has 1 amide bonds. The molecular formula is C20H26N2O5. The lowest BCUT2D eigenvalue weighted by atomic mass is 9.73. The maximum Gasteiger partial charge on any atom is 0.322 e. The number of carbonyl (C=O) groups is 3. The molecule has 0 radical (unpaired) electrons. The van der Waals surface area contributed by atoms with Gasteiger partial charge >= 0.3 is 5.97 Å². The molecule has 2 heterocycles. The van der Waals surface area contributed by atoms with Crippen LogP contribution in [0.2, 0.25) is 0 Å². The number of carboxylic acids is 1. The summed E-state index contributed by atoms with van der Waals surface area (Å²) in [6.45, 7) is 5.54. The van der Waals surface area contributed by atoms with Crippen LogP contribution >= 0.6 is 0 Å². The van der Waals surface area contributed by atoms with Crippen molar-refractivity contribution in [2.45, 2.75) is 63.8 Å². The Morgan fingerprint density at radius 2 is 1.81 bits per heavy atom. The molecule has 1 aliphatic carbocycles. The van der Waals surface area contributed by atoms with E-state index in [4.69, 9.17) is 5.11 Å². The maximum atomic E-state index is 13.5. The van der Waals surface area contributed by atoms with Crippen molar-refractivity contribution in [1.29, 1.82) is 0 Å². The average molecular weight is 374 g/mol. The monoisotopic (exact) mass is 374 g/mol. The normalized spacial score (nSPS) is 19.1. The number of carbonyl (C=O) groups excluding carboxylic acids is 2. The van der Waals surface area contributed by atoms with Crippen LogP contribution in [0.1, 0.15) is 64.3 Å². The van der Waals surface area contributed by atoms with Crippen LogP contribution in [0.15, 0.2) is 17.7 Å². The molecule has 1 aromatic heterocycles. The summed E-state index contributed by atoms with van der Waals surface area (Å²) in [6.07, 6.45) is 3.93. The lowest BCUT2D eigenvalue weighted by Crippen LogP contribution is -2.51. The van der Waals surface area contributed by atoms with Gasteiger partial charge in [-0.1, -0.05) is 40.0 Å². The highest BCUT2D eigenvalue weighted by molar-refractivity contribution is 6.27. The molecule has 2 aliphatic rings. The molecule has 3 N–H and O–H groups in total. The lowest BCUT2D eigenvalue weighted by molar-refractivity contribution is -0.138. The first-order valence-electron chi connectivity index (χ1n) is 9.31. The first-order chi connectivity index (χ1) is 12.6. The van der Waals surface area contributed by atoms with Crippen LogP contribution in [0.5, 0.6) is 0 Å². The fourth-order valence-corrected chi connectivity index (χ4v) is 4.28. The van der Waals surface area contributed by atoms with Crippen molar-refractivity contribution in [3.63, 3.8) is 0 Å². The fraction of sp³-hybridized carbons (Fsp3) is 0.550. The zero-order valence-electron chi connectivity index (χ0n) is 16.0. The zero-order chi connectivity index (χ0) is 20.0. The highest BCUT2D eigenvalue weighted by Crippen LogP contribution is 2.46. The fourth-order valence-electron chi connectivity index (χ4n) is 4.28. The van der Waals surface area contributed by atoms with Gasteiger partial charge in [-0.25, -0.2) is 0 Å². The quantitative estimate of drug-likeness (QED) is 0.705. The minimum absolute atomic E-state index is 0.244. The number of Topliss-reactive ketones (excluding diaryl/α,β-unsaturated/α-hetero) is 1. The molecule has 1 aromatic rings. The number of aliphatic hydroxyl groups is 1. The van der Waals surface area contributed by atoms with Crippen molar-refractivity contribution in [2.75, 3.05) is 6.54 Å². The van der Waals surface area contributed by atoms with E-state index in [1.165, 1.54) is 0 Å². The minimum Gasteiger partial charge on any atom is -0.505 e. The van der Waals surface area contributed by atoms with Gasteiger partial charge in [-0.15, -0.1) is 0 Å². The number of fused-ring (bicyclic) bond motifs is 2. The van der Waals surface area contributed by atoms with Gasteiger partial charge in [0.25, 0.3) is 5.91 Å². The predicted molar refractivity (Wildman–Crippen MR) is 99.4 cm³/mol. The molecule has 1 saturated carbocycles. The maximum absolute atomic E-state index is 13.5. The van der Waals surface area contributed by atoms with Crippen molar-refractivity contribution >= 4 is 23.4 Å². The largest absolute Gasteiger partial charge is 0.505 e. The van der Waals surface area contributed by atoms with Crippen LogP contribution < -0.4 is 5.32 Å². The smallest absolute Gasteiger partial charge is 0.322 e. The summed E-state index contributed by atoms with van der Waals surface area (Å²) in [7, 11) is 0. The number of aromatic nitrogens is 1. The predicted octanol–water partition coefficient (Wildman–Crippen LogP) is 2.50. The molecule has 0 atom stereocenters. The van der Waals surface area contributed by atoms with Crippen molar-refractivity contribution in [1.82, 2.24) is 9.88 Å². The van der Waals surface area contributed by atoms with E-state index in [0.717, 1.165) is 25.0 Å². The molecule has 27 heavy (non-hydrogen) atoms. The highest BCUT2D eigenvalue weighted by Gasteiger charge is 2.51. The van der Waals surface area contributed by atoms with Gasteiger partial charge in [-0.3, -0.25) is 14.4 Å². The van der Waals surface area contributed by atoms with Gasteiger partial charge in [-0.2, -0.15) is 0 Å². The first-order valence-corrected chi connectivity index (χ1v) is 9.31. The van der Waals surface area contributed by atoms with Crippen molar-refractivity contribution in [2.24, 2.45) is 0 Å². The van der Waals surface area contributed by atoms with E-state index in [1.807, 2.05) is 31.4 Å². The Balaban J connectivity index is 2.19. The van der Waals surface area contributed by atoms with Gasteiger partial charge in [0.05, 0.1) is 5.69 Å². The molecule has 0 aromatic carbocycles.